The molecule has 2 N–H and O–H groups in total. The summed E-state index contributed by atoms with van der Waals surface area (Å²) in [4.78, 5) is 37.6. The highest BCUT2D eigenvalue weighted by molar-refractivity contribution is 6.19. The van der Waals surface area contributed by atoms with Crippen LogP contribution in [0.3, 0.4) is 0 Å². The number of anilines is 1. The lowest BCUT2D eigenvalue weighted by Crippen LogP contribution is -2.49. The van der Waals surface area contributed by atoms with E-state index in [9.17, 15) is 14.7 Å². The van der Waals surface area contributed by atoms with Crippen molar-refractivity contribution >= 4 is 23.2 Å². The van der Waals surface area contributed by atoms with Gasteiger partial charge in [0.1, 0.15) is 0 Å². The number of pyridine rings is 1. The smallest absolute Gasteiger partial charge is 0.272 e. The lowest BCUT2D eigenvalue weighted by atomic mass is 9.91. The minimum Gasteiger partial charge on any atom is -0.392 e. The van der Waals surface area contributed by atoms with Crippen LogP contribution in [-0.2, 0) is 9.59 Å². The van der Waals surface area contributed by atoms with Crippen LogP contribution in [0.25, 0.3) is 0 Å². The largest absolute Gasteiger partial charge is 0.392 e. The zero-order valence-corrected chi connectivity index (χ0v) is 20.2. The zero-order valence-electron chi connectivity index (χ0n) is 20.2. The summed E-state index contributed by atoms with van der Waals surface area (Å²) in [5, 5.41) is 13.7. The number of benzodiazepines with no additional fused rings is 1. The van der Waals surface area contributed by atoms with Crippen LogP contribution in [0, 0.1) is 18.8 Å². The number of nitrogens with zero attached hydrogens (tertiary/aromatic N) is 3. The molecule has 0 saturated heterocycles. The first kappa shape index (κ1) is 24.1. The average molecular weight is 463 g/mol. The number of rotatable bonds is 9. The second-order valence-electron chi connectivity index (χ2n) is 9.52. The van der Waals surface area contributed by atoms with Gasteiger partial charge in [0, 0.05) is 18.8 Å². The van der Waals surface area contributed by atoms with Crippen molar-refractivity contribution in [1.82, 2.24) is 10.3 Å². The molecule has 1 aliphatic carbocycles. The fourth-order valence-corrected chi connectivity index (χ4v) is 4.49. The Bertz CT molecular complexity index is 1080. The van der Waals surface area contributed by atoms with Crippen molar-refractivity contribution in [3.8, 4) is 0 Å². The molecule has 2 aromatic rings. The molecule has 2 heterocycles. The maximum absolute atomic E-state index is 13.4. The zero-order chi connectivity index (χ0) is 24.2. The number of nitrogens with one attached hydrogen (secondary N) is 1. The first-order valence-corrected chi connectivity index (χ1v) is 12.2. The fourth-order valence-electron chi connectivity index (χ4n) is 4.49. The number of hydrogen-bond acceptors (Lipinski definition) is 5. The van der Waals surface area contributed by atoms with E-state index >= 15 is 0 Å². The second kappa shape index (κ2) is 10.5. The number of aromatic nitrogens is 1. The molecule has 1 aromatic carbocycles. The van der Waals surface area contributed by atoms with Crippen molar-refractivity contribution in [1.29, 1.82) is 0 Å². The van der Waals surface area contributed by atoms with E-state index in [4.69, 9.17) is 4.99 Å². The highest BCUT2D eigenvalue weighted by Gasteiger charge is 2.37. The molecule has 7 nitrogen and oxygen atoms in total. The molecule has 1 saturated carbocycles. The number of fused-ring (bicyclic) bond motifs is 1. The number of aryl methyl sites for hydroxylation is 1. The molecule has 7 heteroatoms. The van der Waals surface area contributed by atoms with Gasteiger partial charge in [0.25, 0.3) is 5.91 Å². The van der Waals surface area contributed by atoms with Gasteiger partial charge >= 0.3 is 0 Å². The Morgan fingerprint density at radius 2 is 2.03 bits per heavy atom. The van der Waals surface area contributed by atoms with Crippen molar-refractivity contribution in [3.63, 3.8) is 0 Å². The molecular weight excluding hydrogens is 428 g/mol. The van der Waals surface area contributed by atoms with Crippen LogP contribution in [0.2, 0.25) is 0 Å². The Hall–Kier alpha value is -3.06. The van der Waals surface area contributed by atoms with Crippen LogP contribution in [0.5, 0.6) is 0 Å². The fraction of sp³-hybridized carbons (Fsp3) is 0.481. The summed E-state index contributed by atoms with van der Waals surface area (Å²) >= 11 is 0. The molecule has 3 atom stereocenters. The van der Waals surface area contributed by atoms with Gasteiger partial charge in [-0.25, -0.2) is 4.99 Å². The Balaban J connectivity index is 1.67. The normalized spacial score (nSPS) is 19.6. The second-order valence-corrected chi connectivity index (χ2v) is 9.52. The van der Waals surface area contributed by atoms with Crippen LogP contribution < -0.4 is 10.2 Å². The summed E-state index contributed by atoms with van der Waals surface area (Å²) in [5.41, 5.74) is 3.73. The molecule has 0 radical (unpaired) electrons. The predicted molar refractivity (Wildman–Crippen MR) is 133 cm³/mol. The number of carbonyl (C=O) groups is 2. The molecule has 1 unspecified atom stereocenters. The number of carbonyl (C=O) groups excluding carboxylic acids is 2. The van der Waals surface area contributed by atoms with Crippen LogP contribution in [0.15, 0.2) is 47.6 Å². The van der Waals surface area contributed by atoms with Crippen LogP contribution in [0.1, 0.15) is 62.3 Å². The first-order valence-electron chi connectivity index (χ1n) is 12.2. The van der Waals surface area contributed by atoms with Gasteiger partial charge in [0.05, 0.1) is 29.1 Å². The molecule has 2 aliphatic rings. The van der Waals surface area contributed by atoms with Gasteiger partial charge in [-0.05, 0) is 49.4 Å². The number of aliphatic hydroxyl groups excluding tert-OH is 1. The molecule has 1 fully saturated rings. The first-order chi connectivity index (χ1) is 16.4. The van der Waals surface area contributed by atoms with Crippen LogP contribution in [0.4, 0.5) is 5.69 Å². The van der Waals surface area contributed by atoms with Gasteiger partial charge in [-0.3, -0.25) is 14.6 Å². The monoisotopic (exact) mass is 462 g/mol. The van der Waals surface area contributed by atoms with E-state index in [0.717, 1.165) is 36.8 Å². The van der Waals surface area contributed by atoms with E-state index in [-0.39, 0.29) is 11.8 Å². The highest BCUT2D eigenvalue weighted by atomic mass is 16.3. The molecule has 34 heavy (non-hydrogen) atoms. The number of likely N-dealkylation sites (N-methyl/N-ethyl adjacent to an activating group) is 1. The van der Waals surface area contributed by atoms with Gasteiger partial charge in [-0.15, -0.1) is 0 Å². The molecule has 0 bridgehead atoms. The number of amides is 2. The van der Waals surface area contributed by atoms with Gasteiger partial charge < -0.3 is 15.3 Å². The maximum atomic E-state index is 13.4. The van der Waals surface area contributed by atoms with Gasteiger partial charge in [0.15, 0.2) is 0 Å². The van der Waals surface area contributed by atoms with E-state index in [1.165, 1.54) is 4.90 Å². The van der Waals surface area contributed by atoms with Crippen molar-refractivity contribution in [3.05, 3.63) is 59.4 Å². The summed E-state index contributed by atoms with van der Waals surface area (Å²) < 4.78 is 0. The summed E-state index contributed by atoms with van der Waals surface area (Å²) in [7, 11) is 1.69. The van der Waals surface area contributed by atoms with Crippen molar-refractivity contribution in [2.45, 2.75) is 64.6 Å². The molecule has 180 valence electrons. The van der Waals surface area contributed by atoms with Crippen LogP contribution >= 0.6 is 0 Å². The van der Waals surface area contributed by atoms with Crippen molar-refractivity contribution in [2.75, 3.05) is 11.9 Å². The topological polar surface area (TPSA) is 94.9 Å². The SMILES string of the molecule is CCCC[C@H](O)[C@@H](CC1CC1)C(=O)NC1N=C(c2cc(C)ccn2)c2ccccc2N(C)C1=O. The van der Waals surface area contributed by atoms with Gasteiger partial charge in [-0.1, -0.05) is 50.8 Å². The van der Waals surface area contributed by atoms with Crippen molar-refractivity contribution in [2.24, 2.45) is 16.8 Å². The van der Waals surface area contributed by atoms with Crippen LogP contribution in [-0.4, -0.2) is 46.9 Å². The van der Waals surface area contributed by atoms with Gasteiger partial charge in [-0.2, -0.15) is 0 Å². The highest BCUT2D eigenvalue weighted by Crippen LogP contribution is 2.37. The molecular formula is C27H34N4O3. The van der Waals surface area contributed by atoms with Gasteiger partial charge in [0.2, 0.25) is 12.1 Å². The number of para-hydroxylation sites is 1. The number of unbranched alkanes of at least 4 members (excludes halogenated alkanes) is 1. The maximum Gasteiger partial charge on any atom is 0.272 e. The lowest BCUT2D eigenvalue weighted by Gasteiger charge is -2.25. The molecule has 4 rings (SSSR count). The summed E-state index contributed by atoms with van der Waals surface area (Å²) in [6.45, 7) is 4.04. The van der Waals surface area contributed by atoms with E-state index in [0.29, 0.717) is 35.9 Å². The third-order valence-electron chi connectivity index (χ3n) is 6.72. The molecule has 1 aliphatic heterocycles. The molecule has 0 spiro atoms. The van der Waals surface area contributed by atoms with E-state index in [2.05, 4.69) is 17.2 Å². The number of aliphatic imine (C=N–C) groups is 1. The number of hydrogen-bond donors (Lipinski definition) is 2. The minimum absolute atomic E-state index is 0.312. The van der Waals surface area contributed by atoms with E-state index in [1.807, 2.05) is 43.3 Å². The standard InChI is InChI=1S/C27H34N4O3/c1-4-5-10-23(32)20(16-18-11-12-18)26(33)30-25-27(34)31(3)22-9-7-6-8-19(22)24(29-25)21-15-17(2)13-14-28-21/h6-9,13-15,18,20,23,25,32H,4-5,10-12,16H2,1-3H3,(H,30,33)/t20-,23+,25?/m1/s1. The Kier molecular flexibility index (Phi) is 7.41. The van der Waals surface area contributed by atoms with Crippen molar-refractivity contribution < 1.29 is 14.7 Å². The third-order valence-corrected chi connectivity index (χ3v) is 6.72. The minimum atomic E-state index is -1.10. The summed E-state index contributed by atoms with van der Waals surface area (Å²) in [5.74, 6) is -0.706. The quantitative estimate of drug-likeness (QED) is 0.595. The molecule has 2 amide bonds. The van der Waals surface area contributed by atoms with E-state index < -0.39 is 18.2 Å². The van der Waals surface area contributed by atoms with E-state index in [1.54, 1.807) is 13.2 Å². The number of benzene rings is 1. The molecule has 1 aromatic heterocycles. The Labute approximate surface area is 201 Å². The third kappa shape index (κ3) is 5.36. The predicted octanol–water partition coefficient (Wildman–Crippen LogP) is 3.61. The Morgan fingerprint density at radius 3 is 2.74 bits per heavy atom. The summed E-state index contributed by atoms with van der Waals surface area (Å²) in [6, 6.07) is 11.4. The summed E-state index contributed by atoms with van der Waals surface area (Å²) in [6.07, 6.45) is 5.11. The Morgan fingerprint density at radius 1 is 1.26 bits per heavy atom. The average Bonchev–Trinajstić information content (AvgIpc) is 3.67. The number of aliphatic hydroxyl groups is 1. The lowest BCUT2D eigenvalue weighted by molar-refractivity contribution is -0.133.